The minimum absolute atomic E-state index is 0.518. The summed E-state index contributed by atoms with van der Waals surface area (Å²) in [7, 11) is -0.953. The Bertz CT molecular complexity index is 631. The molecule has 0 bridgehead atoms. The number of rotatable bonds is 0. The lowest BCUT2D eigenvalue weighted by atomic mass is 10.1. The van der Waals surface area contributed by atoms with Crippen molar-refractivity contribution in [3.63, 3.8) is 0 Å². The second-order valence-electron chi connectivity index (χ2n) is 3.76. The number of hydrogen-bond donors (Lipinski definition) is 0. The Kier molecular flexibility index (Phi) is 2.34. The van der Waals surface area contributed by atoms with Crippen LogP contribution >= 0.6 is 11.6 Å². The van der Waals surface area contributed by atoms with Crippen LogP contribution in [-0.4, -0.2) is 9.96 Å². The predicted molar refractivity (Wildman–Crippen MR) is 69.1 cm³/mol. The van der Waals surface area contributed by atoms with Crippen molar-refractivity contribution in [2.75, 3.05) is 5.75 Å². The van der Waals surface area contributed by atoms with E-state index in [0.29, 0.717) is 10.8 Å². The summed E-state index contributed by atoms with van der Waals surface area (Å²) in [6.07, 6.45) is 1.83. The molecule has 0 aliphatic carbocycles. The van der Waals surface area contributed by atoms with Crippen LogP contribution in [0, 0.1) is 0 Å². The van der Waals surface area contributed by atoms with Gasteiger partial charge in [-0.1, -0.05) is 41.9 Å². The lowest BCUT2D eigenvalue weighted by Gasteiger charge is -2.14. The molecular weight excluding hydrogens is 240 g/mol. The molecule has 1 aliphatic heterocycles. The third-order valence-electron chi connectivity index (χ3n) is 2.76. The van der Waals surface area contributed by atoms with Gasteiger partial charge in [-0.15, -0.1) is 0 Å². The molecule has 1 nitrogen and oxygen atoms in total. The Balaban J connectivity index is 2.39. The maximum atomic E-state index is 11.9. The van der Waals surface area contributed by atoms with Gasteiger partial charge >= 0.3 is 0 Å². The van der Waals surface area contributed by atoms with Crippen LogP contribution in [0.5, 0.6) is 0 Å². The Morgan fingerprint density at radius 2 is 1.81 bits per heavy atom. The van der Waals surface area contributed by atoms with Crippen molar-refractivity contribution >= 4 is 38.2 Å². The Labute approximate surface area is 101 Å². The fourth-order valence-electron chi connectivity index (χ4n) is 1.94. The van der Waals surface area contributed by atoms with Gasteiger partial charge in [-0.2, -0.15) is 0 Å². The van der Waals surface area contributed by atoms with E-state index in [-0.39, 0.29) is 0 Å². The van der Waals surface area contributed by atoms with E-state index in [0.717, 1.165) is 21.2 Å². The van der Waals surface area contributed by atoms with E-state index < -0.39 is 10.8 Å². The Morgan fingerprint density at radius 3 is 2.56 bits per heavy atom. The van der Waals surface area contributed by atoms with Gasteiger partial charge in [0.15, 0.2) is 0 Å². The molecule has 2 aromatic carbocycles. The highest BCUT2D eigenvalue weighted by Crippen LogP contribution is 2.33. The summed E-state index contributed by atoms with van der Waals surface area (Å²) in [5, 5.41) is 2.95. The average molecular weight is 249 g/mol. The SMILES string of the molecule is O=S1CC=C(Cl)c2cc3ccccc3cc21. The first-order valence-electron chi connectivity index (χ1n) is 5.03. The molecule has 0 saturated heterocycles. The van der Waals surface area contributed by atoms with Crippen LogP contribution in [0.15, 0.2) is 47.4 Å². The van der Waals surface area contributed by atoms with E-state index in [2.05, 4.69) is 0 Å². The van der Waals surface area contributed by atoms with Gasteiger partial charge in [0.25, 0.3) is 0 Å². The highest BCUT2D eigenvalue weighted by Gasteiger charge is 2.17. The van der Waals surface area contributed by atoms with E-state index in [9.17, 15) is 4.21 Å². The van der Waals surface area contributed by atoms with Crippen molar-refractivity contribution < 1.29 is 4.21 Å². The molecule has 1 atom stereocenters. The first-order valence-corrected chi connectivity index (χ1v) is 6.72. The zero-order chi connectivity index (χ0) is 11.1. The number of hydrogen-bond acceptors (Lipinski definition) is 1. The van der Waals surface area contributed by atoms with Crippen LogP contribution in [0.1, 0.15) is 5.56 Å². The lowest BCUT2D eigenvalue weighted by Crippen LogP contribution is -2.04. The van der Waals surface area contributed by atoms with Crippen LogP contribution in [0.3, 0.4) is 0 Å². The molecule has 1 unspecified atom stereocenters. The minimum Gasteiger partial charge on any atom is -0.254 e. The molecule has 16 heavy (non-hydrogen) atoms. The fraction of sp³-hybridized carbons (Fsp3) is 0.0769. The van der Waals surface area contributed by atoms with Crippen LogP contribution in [0.4, 0.5) is 0 Å². The standard InChI is InChI=1S/C13H9ClOS/c14-12-5-6-16(15)13-8-10-4-2-1-3-9(10)7-11(12)13/h1-5,7-8H,6H2. The third-order valence-corrected chi connectivity index (χ3v) is 4.42. The quantitative estimate of drug-likeness (QED) is 0.697. The van der Waals surface area contributed by atoms with Crippen molar-refractivity contribution in [2.45, 2.75) is 4.90 Å². The first-order chi connectivity index (χ1) is 7.75. The molecular formula is C13H9ClOS. The topological polar surface area (TPSA) is 17.1 Å². The molecule has 0 fully saturated rings. The van der Waals surface area contributed by atoms with Crippen molar-refractivity contribution in [1.29, 1.82) is 0 Å². The Hall–Kier alpha value is -1.12. The molecule has 2 aromatic rings. The molecule has 0 saturated carbocycles. The number of benzene rings is 2. The van der Waals surface area contributed by atoms with Gasteiger partial charge in [0.05, 0.1) is 10.8 Å². The predicted octanol–water partition coefficient (Wildman–Crippen LogP) is 3.54. The van der Waals surface area contributed by atoms with Gasteiger partial charge < -0.3 is 0 Å². The minimum atomic E-state index is -0.953. The molecule has 0 N–H and O–H groups in total. The van der Waals surface area contributed by atoms with Crippen molar-refractivity contribution in [3.05, 3.63) is 48.0 Å². The zero-order valence-corrected chi connectivity index (χ0v) is 10.0. The molecule has 0 aromatic heterocycles. The number of halogens is 1. The molecule has 1 heterocycles. The molecule has 0 radical (unpaired) electrons. The second-order valence-corrected chi connectivity index (χ2v) is 5.63. The van der Waals surface area contributed by atoms with Crippen molar-refractivity contribution in [2.24, 2.45) is 0 Å². The van der Waals surface area contributed by atoms with Crippen LogP contribution in [0.25, 0.3) is 15.8 Å². The van der Waals surface area contributed by atoms with Gasteiger partial charge in [-0.05, 0) is 22.9 Å². The summed E-state index contributed by atoms with van der Waals surface area (Å²) in [5.41, 5.74) is 0.907. The maximum absolute atomic E-state index is 11.9. The normalized spacial score (nSPS) is 19.3. The van der Waals surface area contributed by atoms with E-state index in [1.165, 1.54) is 0 Å². The van der Waals surface area contributed by atoms with Gasteiger partial charge in [0, 0.05) is 21.2 Å². The third kappa shape index (κ3) is 1.49. The molecule has 0 amide bonds. The monoisotopic (exact) mass is 248 g/mol. The lowest BCUT2D eigenvalue weighted by molar-refractivity contribution is 0.684. The summed E-state index contributed by atoms with van der Waals surface area (Å²) in [5.74, 6) is 0.518. The van der Waals surface area contributed by atoms with Crippen LogP contribution in [0.2, 0.25) is 0 Å². The van der Waals surface area contributed by atoms with Gasteiger partial charge in [-0.25, -0.2) is 0 Å². The highest BCUT2D eigenvalue weighted by molar-refractivity contribution is 7.85. The van der Waals surface area contributed by atoms with E-state index in [4.69, 9.17) is 11.6 Å². The summed E-state index contributed by atoms with van der Waals surface area (Å²) in [6.45, 7) is 0. The smallest absolute Gasteiger partial charge is 0.0575 e. The van der Waals surface area contributed by atoms with Crippen molar-refractivity contribution in [1.82, 2.24) is 0 Å². The first kappa shape index (κ1) is 10.1. The van der Waals surface area contributed by atoms with E-state index in [1.54, 1.807) is 0 Å². The Morgan fingerprint density at radius 1 is 1.12 bits per heavy atom. The molecule has 80 valence electrons. The summed E-state index contributed by atoms with van der Waals surface area (Å²) in [4.78, 5) is 0.853. The van der Waals surface area contributed by atoms with Gasteiger partial charge in [0.2, 0.25) is 0 Å². The summed E-state index contributed by atoms with van der Waals surface area (Å²) in [6, 6.07) is 12.0. The van der Waals surface area contributed by atoms with Crippen molar-refractivity contribution in [3.8, 4) is 0 Å². The molecule has 3 heteroatoms. The van der Waals surface area contributed by atoms with Gasteiger partial charge in [-0.3, -0.25) is 4.21 Å². The molecule has 1 aliphatic rings. The highest BCUT2D eigenvalue weighted by atomic mass is 35.5. The second kappa shape index (κ2) is 3.72. The summed E-state index contributed by atoms with van der Waals surface area (Å²) >= 11 is 6.14. The molecule has 3 rings (SSSR count). The van der Waals surface area contributed by atoms with Gasteiger partial charge in [0.1, 0.15) is 0 Å². The number of fused-ring (bicyclic) bond motifs is 2. The summed E-state index contributed by atoms with van der Waals surface area (Å²) < 4.78 is 11.9. The molecule has 0 spiro atoms. The van der Waals surface area contributed by atoms with Crippen LogP contribution < -0.4 is 0 Å². The fourth-order valence-corrected chi connectivity index (χ4v) is 3.49. The maximum Gasteiger partial charge on any atom is 0.0575 e. The van der Waals surface area contributed by atoms with Crippen LogP contribution in [-0.2, 0) is 10.8 Å². The van der Waals surface area contributed by atoms with E-state index >= 15 is 0 Å². The van der Waals surface area contributed by atoms with E-state index in [1.807, 2.05) is 42.5 Å². The zero-order valence-electron chi connectivity index (χ0n) is 8.44. The average Bonchev–Trinajstić information content (AvgIpc) is 2.32. The largest absolute Gasteiger partial charge is 0.254 e.